The molecule has 1 amide bonds. The lowest BCUT2D eigenvalue weighted by Gasteiger charge is -2.17. The molecule has 0 fully saturated rings. The number of halogens is 1. The maximum atomic E-state index is 12.3. The summed E-state index contributed by atoms with van der Waals surface area (Å²) in [6, 6.07) is 1.81. The molecule has 1 unspecified atom stereocenters. The van der Waals surface area contributed by atoms with E-state index >= 15 is 0 Å². The fourth-order valence-electron chi connectivity index (χ4n) is 1.58. The first-order chi connectivity index (χ1) is 9.45. The fourth-order valence-corrected chi connectivity index (χ4v) is 1.91. The van der Waals surface area contributed by atoms with Crippen molar-refractivity contribution in [2.24, 2.45) is 11.8 Å². The van der Waals surface area contributed by atoms with Crippen molar-refractivity contribution in [1.82, 2.24) is 10.3 Å². The summed E-state index contributed by atoms with van der Waals surface area (Å²) in [5.74, 6) is 1.56. The van der Waals surface area contributed by atoms with E-state index in [1.165, 1.54) is 0 Å². The molecular formula is C15H24BrN3O. The van der Waals surface area contributed by atoms with Gasteiger partial charge in [0.15, 0.2) is 0 Å². The van der Waals surface area contributed by atoms with Crippen molar-refractivity contribution in [3.05, 3.63) is 22.3 Å². The quantitative estimate of drug-likeness (QED) is 0.795. The topological polar surface area (TPSA) is 54.0 Å². The molecule has 2 N–H and O–H groups in total. The molecule has 0 aliphatic rings. The minimum atomic E-state index is -0.0788. The van der Waals surface area contributed by atoms with Crippen LogP contribution in [-0.4, -0.2) is 24.0 Å². The molecule has 0 spiro atoms. The molecular weight excluding hydrogens is 318 g/mol. The van der Waals surface area contributed by atoms with Gasteiger partial charge in [-0.15, -0.1) is 0 Å². The maximum absolute atomic E-state index is 12.3. The van der Waals surface area contributed by atoms with E-state index in [2.05, 4.69) is 59.2 Å². The Morgan fingerprint density at radius 3 is 2.70 bits per heavy atom. The zero-order valence-corrected chi connectivity index (χ0v) is 14.3. The number of carbonyl (C=O) groups is 1. The van der Waals surface area contributed by atoms with Crippen LogP contribution in [0.15, 0.2) is 16.7 Å². The molecule has 0 aromatic carbocycles. The van der Waals surface area contributed by atoms with Crippen LogP contribution in [0.3, 0.4) is 0 Å². The molecule has 0 saturated heterocycles. The van der Waals surface area contributed by atoms with Gasteiger partial charge in [-0.05, 0) is 40.3 Å². The standard InChI is InChI=1S/C15H24BrN3O/c1-5-6-17-14-13(7-12(16)9-18-14)15(20)19-8-11(4)10(2)3/h7,9-11H,5-6,8H2,1-4H3,(H,17,18)(H,19,20). The molecule has 4 nitrogen and oxygen atoms in total. The highest BCUT2D eigenvalue weighted by molar-refractivity contribution is 9.10. The van der Waals surface area contributed by atoms with Gasteiger partial charge >= 0.3 is 0 Å². The van der Waals surface area contributed by atoms with E-state index in [9.17, 15) is 4.79 Å². The summed E-state index contributed by atoms with van der Waals surface area (Å²) in [5, 5.41) is 6.17. The summed E-state index contributed by atoms with van der Waals surface area (Å²) in [6.45, 7) is 10.0. The van der Waals surface area contributed by atoms with Crippen LogP contribution in [0, 0.1) is 11.8 Å². The normalized spacial score (nSPS) is 12.3. The predicted molar refractivity (Wildman–Crippen MR) is 87.1 cm³/mol. The summed E-state index contributed by atoms with van der Waals surface area (Å²) < 4.78 is 0.807. The Kier molecular flexibility index (Phi) is 6.99. The zero-order chi connectivity index (χ0) is 15.1. The Labute approximate surface area is 129 Å². The van der Waals surface area contributed by atoms with Gasteiger partial charge in [0, 0.05) is 23.8 Å². The van der Waals surface area contributed by atoms with E-state index in [1.807, 2.05) is 0 Å². The molecule has 0 saturated carbocycles. The Balaban J connectivity index is 2.77. The fraction of sp³-hybridized carbons (Fsp3) is 0.600. The number of carbonyl (C=O) groups excluding carboxylic acids is 1. The molecule has 5 heteroatoms. The SMILES string of the molecule is CCCNc1ncc(Br)cc1C(=O)NCC(C)C(C)C. The number of rotatable bonds is 7. The average Bonchev–Trinajstić information content (AvgIpc) is 2.42. The van der Waals surface area contributed by atoms with Gasteiger partial charge < -0.3 is 10.6 Å². The second-order valence-electron chi connectivity index (χ2n) is 5.41. The molecule has 1 aromatic rings. The number of nitrogens with zero attached hydrogens (tertiary/aromatic N) is 1. The second-order valence-corrected chi connectivity index (χ2v) is 6.32. The van der Waals surface area contributed by atoms with Gasteiger partial charge in [0.1, 0.15) is 5.82 Å². The van der Waals surface area contributed by atoms with Gasteiger partial charge in [-0.2, -0.15) is 0 Å². The van der Waals surface area contributed by atoms with E-state index in [1.54, 1.807) is 12.3 Å². The van der Waals surface area contributed by atoms with Crippen LogP contribution >= 0.6 is 15.9 Å². The molecule has 0 bridgehead atoms. The molecule has 1 atom stereocenters. The minimum absolute atomic E-state index is 0.0788. The predicted octanol–water partition coefficient (Wildman–Crippen LogP) is 3.69. The highest BCUT2D eigenvalue weighted by Crippen LogP contribution is 2.18. The third kappa shape index (κ3) is 5.12. The van der Waals surface area contributed by atoms with Crippen LogP contribution in [-0.2, 0) is 0 Å². The summed E-state index contributed by atoms with van der Waals surface area (Å²) in [5.41, 5.74) is 0.587. The molecule has 0 aliphatic carbocycles. The molecule has 0 aliphatic heterocycles. The summed E-state index contributed by atoms with van der Waals surface area (Å²) in [7, 11) is 0. The number of hydrogen-bond donors (Lipinski definition) is 2. The summed E-state index contributed by atoms with van der Waals surface area (Å²) in [4.78, 5) is 16.6. The van der Waals surface area contributed by atoms with Gasteiger partial charge in [-0.3, -0.25) is 4.79 Å². The van der Waals surface area contributed by atoms with Crippen molar-refractivity contribution in [2.75, 3.05) is 18.4 Å². The van der Waals surface area contributed by atoms with Gasteiger partial charge in [-0.1, -0.05) is 27.7 Å². The Hall–Kier alpha value is -1.10. The number of hydrogen-bond acceptors (Lipinski definition) is 3. The van der Waals surface area contributed by atoms with Crippen molar-refractivity contribution in [3.63, 3.8) is 0 Å². The van der Waals surface area contributed by atoms with E-state index < -0.39 is 0 Å². The number of nitrogens with one attached hydrogen (secondary N) is 2. The van der Waals surface area contributed by atoms with Crippen LogP contribution in [0.4, 0.5) is 5.82 Å². The molecule has 0 radical (unpaired) electrons. The molecule has 1 rings (SSSR count). The molecule has 1 heterocycles. The van der Waals surface area contributed by atoms with Crippen LogP contribution in [0.5, 0.6) is 0 Å². The zero-order valence-electron chi connectivity index (χ0n) is 12.7. The first kappa shape index (κ1) is 17.0. The summed E-state index contributed by atoms with van der Waals surface area (Å²) in [6.07, 6.45) is 2.69. The molecule has 20 heavy (non-hydrogen) atoms. The third-order valence-corrected chi connectivity index (χ3v) is 3.80. The number of anilines is 1. The first-order valence-corrected chi connectivity index (χ1v) is 7.92. The lowest BCUT2D eigenvalue weighted by atomic mass is 9.98. The van der Waals surface area contributed by atoms with Crippen molar-refractivity contribution < 1.29 is 4.79 Å². The highest BCUT2D eigenvalue weighted by Gasteiger charge is 2.15. The van der Waals surface area contributed by atoms with Crippen molar-refractivity contribution in [1.29, 1.82) is 0 Å². The van der Waals surface area contributed by atoms with Crippen LogP contribution in [0.2, 0.25) is 0 Å². The smallest absolute Gasteiger partial charge is 0.255 e. The molecule has 1 aromatic heterocycles. The van der Waals surface area contributed by atoms with E-state index in [0.29, 0.717) is 29.8 Å². The lowest BCUT2D eigenvalue weighted by molar-refractivity contribution is 0.0945. The molecule has 112 valence electrons. The largest absolute Gasteiger partial charge is 0.369 e. The van der Waals surface area contributed by atoms with Crippen LogP contribution < -0.4 is 10.6 Å². The number of amides is 1. The van der Waals surface area contributed by atoms with Crippen molar-refractivity contribution >= 4 is 27.7 Å². The van der Waals surface area contributed by atoms with Gasteiger partial charge in [0.05, 0.1) is 5.56 Å². The third-order valence-electron chi connectivity index (χ3n) is 3.36. The van der Waals surface area contributed by atoms with Gasteiger partial charge in [0.25, 0.3) is 5.91 Å². The van der Waals surface area contributed by atoms with Crippen molar-refractivity contribution in [3.8, 4) is 0 Å². The van der Waals surface area contributed by atoms with Gasteiger partial charge in [0.2, 0.25) is 0 Å². The minimum Gasteiger partial charge on any atom is -0.369 e. The maximum Gasteiger partial charge on any atom is 0.255 e. The monoisotopic (exact) mass is 341 g/mol. The number of aromatic nitrogens is 1. The Morgan fingerprint density at radius 2 is 2.10 bits per heavy atom. The first-order valence-electron chi connectivity index (χ1n) is 7.13. The summed E-state index contributed by atoms with van der Waals surface area (Å²) >= 11 is 3.37. The van der Waals surface area contributed by atoms with E-state index in [4.69, 9.17) is 0 Å². The second kappa shape index (κ2) is 8.25. The Bertz CT molecular complexity index is 449. The van der Waals surface area contributed by atoms with E-state index in [0.717, 1.165) is 17.4 Å². The Morgan fingerprint density at radius 1 is 1.40 bits per heavy atom. The number of pyridine rings is 1. The van der Waals surface area contributed by atoms with Crippen LogP contribution in [0.1, 0.15) is 44.5 Å². The lowest BCUT2D eigenvalue weighted by Crippen LogP contribution is -2.31. The van der Waals surface area contributed by atoms with Crippen LogP contribution in [0.25, 0.3) is 0 Å². The average molecular weight is 342 g/mol. The van der Waals surface area contributed by atoms with Crippen molar-refractivity contribution in [2.45, 2.75) is 34.1 Å². The van der Waals surface area contributed by atoms with E-state index in [-0.39, 0.29) is 5.91 Å². The highest BCUT2D eigenvalue weighted by atomic mass is 79.9. The van der Waals surface area contributed by atoms with Gasteiger partial charge in [-0.25, -0.2) is 4.98 Å².